The van der Waals surface area contributed by atoms with Crippen molar-refractivity contribution in [1.82, 2.24) is 5.32 Å². The number of hydrogen-bond donors (Lipinski definition) is 3. The van der Waals surface area contributed by atoms with Gasteiger partial charge in [-0.1, -0.05) is 94.6 Å². The molecule has 0 aliphatic heterocycles. The van der Waals surface area contributed by atoms with Gasteiger partial charge in [-0.25, -0.2) is 0 Å². The highest BCUT2D eigenvalue weighted by Crippen LogP contribution is 2.21. The summed E-state index contributed by atoms with van der Waals surface area (Å²) in [7, 11) is 3.67. The summed E-state index contributed by atoms with van der Waals surface area (Å²) < 4.78 is 5.25. The van der Waals surface area contributed by atoms with Crippen LogP contribution in [0.25, 0.3) is 12.2 Å². The van der Waals surface area contributed by atoms with Crippen LogP contribution in [-0.2, 0) is 13.0 Å². The van der Waals surface area contributed by atoms with E-state index in [0.29, 0.717) is 5.76 Å². The smallest absolute Gasteiger partial charge is 0.122 e. The molecule has 3 rings (SSSR count). The van der Waals surface area contributed by atoms with Gasteiger partial charge in [0.15, 0.2) is 0 Å². The number of methoxy groups -OCH3 is 1. The minimum absolute atomic E-state index is 0.309. The predicted octanol–water partition coefficient (Wildman–Crippen LogP) is 9.80. The summed E-state index contributed by atoms with van der Waals surface area (Å²) >= 11 is 0. The first-order valence-corrected chi connectivity index (χ1v) is 15.9. The van der Waals surface area contributed by atoms with Gasteiger partial charge in [0.05, 0.1) is 12.9 Å². The highest BCUT2D eigenvalue weighted by atomic mass is 16.5. The van der Waals surface area contributed by atoms with E-state index >= 15 is 0 Å². The third-order valence-corrected chi connectivity index (χ3v) is 6.70. The Bertz CT molecular complexity index is 1300. The van der Waals surface area contributed by atoms with Crippen molar-refractivity contribution in [3.05, 3.63) is 131 Å². The van der Waals surface area contributed by atoms with Crippen molar-refractivity contribution in [3.8, 4) is 5.75 Å². The van der Waals surface area contributed by atoms with Crippen molar-refractivity contribution in [2.75, 3.05) is 32.1 Å². The maximum Gasteiger partial charge on any atom is 0.122 e. The highest BCUT2D eigenvalue weighted by Gasteiger charge is 2.06. The number of allylic oxidation sites excluding steroid dienone is 3. The standard InChI is InChI=1S/C14H16O.C13H21N.C11H17NO.C2H5N/c1-4-13-9-8-11(2)14(10-13)7-5-6-12(3)15;1-4-10-14(11-5-2)13-9-7-6-8-12(13)3;1-4-10-7-9(8-12-2)5-6-11(10)13-3;1-2-3/h4-10,15H,1H2,2-3H3;6-9H,4-5,10-11H2,1-3H3;5-7,12H,4,8H2,1-3H3;2H,1,3H2/b7-5+,12-6-;;;. The first-order valence-electron chi connectivity index (χ1n) is 15.9. The second-order valence-corrected chi connectivity index (χ2v) is 10.5. The zero-order valence-corrected chi connectivity index (χ0v) is 29.2. The molecule has 0 amide bonds. The second kappa shape index (κ2) is 25.1. The maximum atomic E-state index is 8.99. The monoisotopic (exact) mass is 613 g/mol. The Hall–Kier alpha value is -4.22. The lowest BCUT2D eigenvalue weighted by atomic mass is 10.0. The lowest BCUT2D eigenvalue weighted by molar-refractivity contribution is 0.410. The Labute approximate surface area is 274 Å². The molecule has 0 aliphatic carbocycles. The maximum absolute atomic E-state index is 8.99. The molecule has 3 aromatic rings. The largest absolute Gasteiger partial charge is 0.513 e. The minimum Gasteiger partial charge on any atom is -0.513 e. The number of nitrogens with zero attached hydrogens (tertiary/aromatic N) is 1. The number of aliphatic hydroxyl groups excluding tert-OH is 1. The molecule has 4 N–H and O–H groups in total. The molecule has 0 saturated heterocycles. The van der Waals surface area contributed by atoms with Crippen LogP contribution in [0.15, 0.2) is 97.9 Å². The molecule has 3 aromatic carbocycles. The topological polar surface area (TPSA) is 70.8 Å². The quantitative estimate of drug-likeness (QED) is 0.140. The zero-order chi connectivity index (χ0) is 34.0. The van der Waals surface area contributed by atoms with Gasteiger partial charge in [0, 0.05) is 25.3 Å². The average molecular weight is 614 g/mol. The molecule has 0 unspecified atom stereocenters. The van der Waals surface area contributed by atoms with Crippen molar-refractivity contribution in [1.29, 1.82) is 0 Å². The molecule has 5 nitrogen and oxygen atoms in total. The van der Waals surface area contributed by atoms with Crippen LogP contribution in [0.1, 0.15) is 73.9 Å². The van der Waals surface area contributed by atoms with E-state index in [1.54, 1.807) is 20.1 Å². The Morgan fingerprint density at radius 1 is 0.956 bits per heavy atom. The lowest BCUT2D eigenvalue weighted by Gasteiger charge is -2.25. The van der Waals surface area contributed by atoms with Gasteiger partial charge in [-0.3, -0.25) is 0 Å². The van der Waals surface area contributed by atoms with Gasteiger partial charge in [-0.15, -0.1) is 0 Å². The Morgan fingerprint density at radius 3 is 2.11 bits per heavy atom. The van der Waals surface area contributed by atoms with Gasteiger partial charge in [-0.2, -0.15) is 0 Å². The number of aryl methyl sites for hydroxylation is 3. The second-order valence-electron chi connectivity index (χ2n) is 10.5. The number of rotatable bonds is 12. The average Bonchev–Trinajstić information content (AvgIpc) is 3.03. The zero-order valence-electron chi connectivity index (χ0n) is 29.2. The van der Waals surface area contributed by atoms with E-state index in [0.717, 1.165) is 29.8 Å². The van der Waals surface area contributed by atoms with E-state index in [9.17, 15) is 0 Å². The molecule has 0 spiro atoms. The van der Waals surface area contributed by atoms with Gasteiger partial charge >= 0.3 is 0 Å². The molecule has 0 aromatic heterocycles. The Balaban J connectivity index is 0.000000618. The SMILES string of the molecule is C=CN.C=Cc1ccc(C)c(/C=C/C=C(/C)O)c1.CCCN(CCC)c1ccccc1C.CCc1cc(CNC)ccc1OC. The summed E-state index contributed by atoms with van der Waals surface area (Å²) in [6, 6.07) is 21.1. The number of nitrogens with one attached hydrogen (secondary N) is 1. The van der Waals surface area contributed by atoms with Gasteiger partial charge < -0.3 is 25.8 Å². The summed E-state index contributed by atoms with van der Waals surface area (Å²) in [5, 5.41) is 12.1. The molecule has 0 atom stereocenters. The number of aliphatic hydroxyl groups is 1. The van der Waals surface area contributed by atoms with Gasteiger partial charge in [0.2, 0.25) is 0 Å². The summed E-state index contributed by atoms with van der Waals surface area (Å²) in [6.45, 7) is 22.6. The fraction of sp³-hybridized carbons (Fsp3) is 0.350. The van der Waals surface area contributed by atoms with Crippen LogP contribution in [-0.4, -0.2) is 32.4 Å². The van der Waals surface area contributed by atoms with Crippen LogP contribution in [0.4, 0.5) is 5.69 Å². The van der Waals surface area contributed by atoms with E-state index < -0.39 is 0 Å². The summed E-state index contributed by atoms with van der Waals surface area (Å²) in [4.78, 5) is 2.48. The van der Waals surface area contributed by atoms with Crippen LogP contribution < -0.4 is 20.7 Å². The molecule has 45 heavy (non-hydrogen) atoms. The summed E-state index contributed by atoms with van der Waals surface area (Å²) in [5.41, 5.74) is 13.4. The predicted molar refractivity (Wildman–Crippen MR) is 200 cm³/mol. The first-order chi connectivity index (χ1) is 21.6. The number of para-hydroxylation sites is 1. The molecule has 5 heteroatoms. The van der Waals surface area contributed by atoms with E-state index in [1.165, 1.54) is 60.1 Å². The first kappa shape index (κ1) is 40.8. The van der Waals surface area contributed by atoms with Crippen molar-refractivity contribution < 1.29 is 9.84 Å². The van der Waals surface area contributed by atoms with Crippen molar-refractivity contribution in [2.45, 2.75) is 67.3 Å². The van der Waals surface area contributed by atoms with Crippen LogP contribution in [0.2, 0.25) is 0 Å². The number of anilines is 1. The van der Waals surface area contributed by atoms with Crippen LogP contribution in [0.5, 0.6) is 5.75 Å². The molecule has 0 radical (unpaired) electrons. The Morgan fingerprint density at radius 2 is 1.60 bits per heavy atom. The molecule has 0 saturated carbocycles. The molecule has 0 aliphatic rings. The minimum atomic E-state index is 0.309. The molecule has 0 heterocycles. The van der Waals surface area contributed by atoms with E-state index in [2.05, 4.69) is 112 Å². The third kappa shape index (κ3) is 17.0. The van der Waals surface area contributed by atoms with E-state index in [-0.39, 0.29) is 0 Å². The molecule has 0 bridgehead atoms. The summed E-state index contributed by atoms with van der Waals surface area (Å²) in [5.74, 6) is 1.30. The molecule has 0 fully saturated rings. The fourth-order valence-corrected chi connectivity index (χ4v) is 4.49. The van der Waals surface area contributed by atoms with Gasteiger partial charge in [-0.05, 0) is 111 Å². The Kier molecular flexibility index (Phi) is 22.8. The van der Waals surface area contributed by atoms with Gasteiger partial charge in [0.1, 0.15) is 5.75 Å². The van der Waals surface area contributed by atoms with Gasteiger partial charge in [0.25, 0.3) is 0 Å². The van der Waals surface area contributed by atoms with Crippen molar-refractivity contribution >= 4 is 17.8 Å². The molecular formula is C40H59N3O2. The van der Waals surface area contributed by atoms with Crippen LogP contribution in [0.3, 0.4) is 0 Å². The van der Waals surface area contributed by atoms with E-state index in [4.69, 9.17) is 9.84 Å². The number of benzene rings is 3. The summed E-state index contributed by atoms with van der Waals surface area (Å²) in [6.07, 6.45) is 12.0. The van der Waals surface area contributed by atoms with E-state index in [1.807, 2.05) is 37.4 Å². The molecule has 246 valence electrons. The normalized spacial score (nSPS) is 10.4. The van der Waals surface area contributed by atoms with Crippen LogP contribution >= 0.6 is 0 Å². The van der Waals surface area contributed by atoms with Crippen molar-refractivity contribution in [3.63, 3.8) is 0 Å². The number of hydrogen-bond acceptors (Lipinski definition) is 5. The number of ether oxygens (including phenoxy) is 1. The third-order valence-electron chi connectivity index (χ3n) is 6.70. The number of nitrogens with two attached hydrogens (primary N) is 1. The fourth-order valence-electron chi connectivity index (χ4n) is 4.49. The van der Waals surface area contributed by atoms with Crippen LogP contribution in [0, 0.1) is 13.8 Å². The van der Waals surface area contributed by atoms with Crippen molar-refractivity contribution in [2.24, 2.45) is 5.73 Å². The lowest BCUT2D eigenvalue weighted by Crippen LogP contribution is -2.25. The highest BCUT2D eigenvalue weighted by molar-refractivity contribution is 5.60. The molecular weight excluding hydrogens is 554 g/mol.